The van der Waals surface area contributed by atoms with E-state index in [2.05, 4.69) is 22.1 Å². The van der Waals surface area contributed by atoms with Gasteiger partial charge in [-0.1, -0.05) is 25.0 Å². The summed E-state index contributed by atoms with van der Waals surface area (Å²) >= 11 is 0. The SMILES string of the molecule is COc1ccc([C@@H]2CCCCCN2C(=O)c2cnc(C)cn2)cc1. The van der Waals surface area contributed by atoms with E-state index in [9.17, 15) is 4.79 Å². The Hall–Kier alpha value is -2.43. The van der Waals surface area contributed by atoms with Crippen LogP contribution >= 0.6 is 0 Å². The van der Waals surface area contributed by atoms with E-state index in [0.717, 1.165) is 49.2 Å². The molecule has 0 saturated carbocycles. The first-order valence-corrected chi connectivity index (χ1v) is 8.42. The Morgan fingerprint density at radius 2 is 1.92 bits per heavy atom. The molecule has 0 aliphatic carbocycles. The Kier molecular flexibility index (Phi) is 5.08. The lowest BCUT2D eigenvalue weighted by molar-refractivity contribution is 0.0674. The van der Waals surface area contributed by atoms with Crippen LogP contribution in [0.3, 0.4) is 0 Å². The van der Waals surface area contributed by atoms with Crippen molar-refractivity contribution in [2.24, 2.45) is 0 Å². The van der Waals surface area contributed by atoms with Crippen LogP contribution in [0.15, 0.2) is 36.7 Å². The predicted octanol–water partition coefficient (Wildman–Crippen LogP) is 3.55. The second-order valence-electron chi connectivity index (χ2n) is 6.18. The minimum absolute atomic E-state index is 0.0368. The Balaban J connectivity index is 1.88. The van der Waals surface area contributed by atoms with Gasteiger partial charge in [0.05, 0.1) is 25.0 Å². The van der Waals surface area contributed by atoms with Crippen LogP contribution in [0.2, 0.25) is 0 Å². The standard InChI is InChI=1S/C19H23N3O2/c1-14-12-21-17(13-20-14)19(23)22-11-5-3-4-6-18(22)15-7-9-16(24-2)10-8-15/h7-10,12-13,18H,3-6,11H2,1-2H3/t18-/m0/s1. The van der Waals surface area contributed by atoms with Gasteiger partial charge in [0.15, 0.2) is 0 Å². The minimum Gasteiger partial charge on any atom is -0.497 e. The van der Waals surface area contributed by atoms with E-state index in [1.807, 2.05) is 24.0 Å². The Morgan fingerprint density at radius 3 is 2.58 bits per heavy atom. The second-order valence-corrected chi connectivity index (χ2v) is 6.18. The number of methoxy groups -OCH3 is 1. The molecule has 0 N–H and O–H groups in total. The average Bonchev–Trinajstić information content (AvgIpc) is 2.88. The highest BCUT2D eigenvalue weighted by atomic mass is 16.5. The number of likely N-dealkylation sites (tertiary alicyclic amines) is 1. The Labute approximate surface area is 142 Å². The first-order valence-electron chi connectivity index (χ1n) is 8.42. The number of hydrogen-bond donors (Lipinski definition) is 0. The molecule has 3 rings (SSSR count). The lowest BCUT2D eigenvalue weighted by Gasteiger charge is -2.30. The number of amides is 1. The third-order valence-corrected chi connectivity index (χ3v) is 4.51. The largest absolute Gasteiger partial charge is 0.497 e. The lowest BCUT2D eigenvalue weighted by atomic mass is 10.0. The fourth-order valence-electron chi connectivity index (χ4n) is 3.17. The van der Waals surface area contributed by atoms with Crippen molar-refractivity contribution >= 4 is 5.91 Å². The molecule has 1 aliphatic rings. The van der Waals surface area contributed by atoms with Gasteiger partial charge in [0, 0.05) is 12.7 Å². The molecule has 2 heterocycles. The molecule has 1 aromatic carbocycles. The zero-order chi connectivity index (χ0) is 16.9. The summed E-state index contributed by atoms with van der Waals surface area (Å²) in [4.78, 5) is 23.4. The van der Waals surface area contributed by atoms with E-state index >= 15 is 0 Å². The summed E-state index contributed by atoms with van der Waals surface area (Å²) in [5, 5.41) is 0. The highest BCUT2D eigenvalue weighted by Gasteiger charge is 2.28. The molecule has 1 atom stereocenters. The molecule has 1 saturated heterocycles. The number of aromatic nitrogens is 2. The normalized spacial score (nSPS) is 18.1. The first kappa shape index (κ1) is 16.4. The first-order chi connectivity index (χ1) is 11.7. The second kappa shape index (κ2) is 7.43. The minimum atomic E-state index is -0.0368. The number of nitrogens with zero attached hydrogens (tertiary/aromatic N) is 3. The molecular formula is C19H23N3O2. The molecular weight excluding hydrogens is 302 g/mol. The van der Waals surface area contributed by atoms with Gasteiger partial charge < -0.3 is 9.64 Å². The summed E-state index contributed by atoms with van der Waals surface area (Å²) in [5.41, 5.74) is 2.38. The van der Waals surface area contributed by atoms with Gasteiger partial charge in [-0.3, -0.25) is 9.78 Å². The number of carbonyl (C=O) groups excluding carboxylic acids is 1. The van der Waals surface area contributed by atoms with Crippen molar-refractivity contribution in [1.29, 1.82) is 0 Å². The molecule has 126 valence electrons. The third-order valence-electron chi connectivity index (χ3n) is 4.51. The number of benzene rings is 1. The summed E-state index contributed by atoms with van der Waals surface area (Å²) in [6.45, 7) is 2.62. The fraction of sp³-hybridized carbons (Fsp3) is 0.421. The Bertz CT molecular complexity index is 683. The lowest BCUT2D eigenvalue weighted by Crippen LogP contribution is -2.35. The van der Waals surface area contributed by atoms with Crippen LogP contribution in [-0.4, -0.2) is 34.4 Å². The van der Waals surface area contributed by atoms with Gasteiger partial charge in [0.25, 0.3) is 5.91 Å². The highest BCUT2D eigenvalue weighted by molar-refractivity contribution is 5.92. The molecule has 1 aliphatic heterocycles. The van der Waals surface area contributed by atoms with Crippen LogP contribution in [0.5, 0.6) is 5.75 Å². The Morgan fingerprint density at radius 1 is 1.12 bits per heavy atom. The molecule has 2 aromatic rings. The van der Waals surface area contributed by atoms with Gasteiger partial charge >= 0.3 is 0 Å². The van der Waals surface area contributed by atoms with Crippen LogP contribution in [0, 0.1) is 6.92 Å². The number of carbonyl (C=O) groups is 1. The van der Waals surface area contributed by atoms with Crippen LogP contribution in [0.4, 0.5) is 0 Å². The third kappa shape index (κ3) is 3.55. The average molecular weight is 325 g/mol. The van der Waals surface area contributed by atoms with Crippen molar-refractivity contribution < 1.29 is 9.53 Å². The van der Waals surface area contributed by atoms with Gasteiger partial charge in [-0.15, -0.1) is 0 Å². The molecule has 5 nitrogen and oxygen atoms in total. The summed E-state index contributed by atoms with van der Waals surface area (Å²) in [5.74, 6) is 0.792. The summed E-state index contributed by atoms with van der Waals surface area (Å²) < 4.78 is 5.24. The van der Waals surface area contributed by atoms with Crippen LogP contribution in [0.25, 0.3) is 0 Å². The maximum Gasteiger partial charge on any atom is 0.274 e. The smallest absolute Gasteiger partial charge is 0.274 e. The van der Waals surface area contributed by atoms with E-state index in [0.29, 0.717) is 5.69 Å². The molecule has 24 heavy (non-hydrogen) atoms. The summed E-state index contributed by atoms with van der Waals surface area (Å²) in [6.07, 6.45) is 7.49. The number of ether oxygens (including phenoxy) is 1. The van der Waals surface area contributed by atoms with Gasteiger partial charge in [0.2, 0.25) is 0 Å². The monoisotopic (exact) mass is 325 g/mol. The van der Waals surface area contributed by atoms with Gasteiger partial charge in [-0.2, -0.15) is 0 Å². The maximum absolute atomic E-state index is 13.0. The van der Waals surface area contributed by atoms with E-state index in [-0.39, 0.29) is 11.9 Å². The van der Waals surface area contributed by atoms with Crippen molar-refractivity contribution in [2.75, 3.05) is 13.7 Å². The number of rotatable bonds is 3. The van der Waals surface area contributed by atoms with Crippen molar-refractivity contribution in [2.45, 2.75) is 38.6 Å². The molecule has 1 amide bonds. The molecule has 0 radical (unpaired) electrons. The van der Waals surface area contributed by atoms with Gasteiger partial charge in [-0.05, 0) is 37.5 Å². The van der Waals surface area contributed by atoms with Crippen LogP contribution in [-0.2, 0) is 0 Å². The van der Waals surface area contributed by atoms with Gasteiger partial charge in [-0.25, -0.2) is 4.98 Å². The van der Waals surface area contributed by atoms with Crippen molar-refractivity contribution in [1.82, 2.24) is 14.9 Å². The molecule has 0 bridgehead atoms. The van der Waals surface area contributed by atoms with Gasteiger partial charge in [0.1, 0.15) is 11.4 Å². The molecule has 5 heteroatoms. The highest BCUT2D eigenvalue weighted by Crippen LogP contribution is 2.32. The zero-order valence-corrected chi connectivity index (χ0v) is 14.2. The molecule has 0 spiro atoms. The predicted molar refractivity (Wildman–Crippen MR) is 92.0 cm³/mol. The zero-order valence-electron chi connectivity index (χ0n) is 14.2. The van der Waals surface area contributed by atoms with Crippen molar-refractivity contribution in [3.8, 4) is 5.75 Å². The molecule has 1 aromatic heterocycles. The summed E-state index contributed by atoms with van der Waals surface area (Å²) in [7, 11) is 1.66. The topological polar surface area (TPSA) is 55.3 Å². The van der Waals surface area contributed by atoms with E-state index in [4.69, 9.17) is 4.74 Å². The maximum atomic E-state index is 13.0. The van der Waals surface area contributed by atoms with Crippen LogP contribution < -0.4 is 4.74 Å². The van der Waals surface area contributed by atoms with E-state index in [1.165, 1.54) is 0 Å². The van der Waals surface area contributed by atoms with Crippen molar-refractivity contribution in [3.05, 3.63) is 53.6 Å². The summed E-state index contributed by atoms with van der Waals surface area (Å²) in [6, 6.07) is 8.09. The molecule has 0 unspecified atom stereocenters. The quantitative estimate of drug-likeness (QED) is 0.866. The number of aryl methyl sites for hydroxylation is 1. The van der Waals surface area contributed by atoms with Crippen molar-refractivity contribution in [3.63, 3.8) is 0 Å². The van der Waals surface area contributed by atoms with E-state index < -0.39 is 0 Å². The number of hydrogen-bond acceptors (Lipinski definition) is 4. The fourth-order valence-corrected chi connectivity index (χ4v) is 3.17. The van der Waals surface area contributed by atoms with E-state index in [1.54, 1.807) is 19.5 Å². The van der Waals surface area contributed by atoms with Crippen LogP contribution in [0.1, 0.15) is 53.5 Å². The molecule has 1 fully saturated rings.